The first-order chi connectivity index (χ1) is 11.7. The number of hydrogen-bond donors (Lipinski definition) is 3. The van der Waals surface area contributed by atoms with Gasteiger partial charge >= 0.3 is 0 Å². The predicted molar refractivity (Wildman–Crippen MR) is 106 cm³/mol. The van der Waals surface area contributed by atoms with Gasteiger partial charge in [0.2, 0.25) is 3.79 Å². The molecule has 5 nitrogen and oxygen atoms in total. The van der Waals surface area contributed by atoms with Gasteiger partial charge in [0.05, 0.1) is 6.26 Å². The Balaban J connectivity index is 2.06. The summed E-state index contributed by atoms with van der Waals surface area (Å²) in [4.78, 5) is 12.1. The number of nitrogens with one attached hydrogen (secondary N) is 3. The smallest absolute Gasteiger partial charge is 0.288 e. The van der Waals surface area contributed by atoms with Crippen molar-refractivity contribution in [2.24, 2.45) is 0 Å². The second-order valence-electron chi connectivity index (χ2n) is 5.34. The molecule has 1 amide bonds. The minimum atomic E-state index is -1.84. The summed E-state index contributed by atoms with van der Waals surface area (Å²) in [5, 5.41) is 8.54. The minimum absolute atomic E-state index is 0.0920. The second-order valence-corrected chi connectivity index (χ2v) is 8.12. The van der Waals surface area contributed by atoms with E-state index in [1.807, 2.05) is 32.0 Å². The van der Waals surface area contributed by atoms with Crippen molar-refractivity contribution < 1.29 is 9.21 Å². The molecule has 0 spiro atoms. The van der Waals surface area contributed by atoms with Crippen LogP contribution in [0.1, 0.15) is 21.7 Å². The predicted octanol–water partition coefficient (Wildman–Crippen LogP) is 4.31. The number of alkyl halides is 3. The molecule has 0 radical (unpaired) electrons. The van der Waals surface area contributed by atoms with Crippen LogP contribution in [0.5, 0.6) is 0 Å². The zero-order chi connectivity index (χ0) is 18.6. The first-order valence-electron chi connectivity index (χ1n) is 7.22. The van der Waals surface area contributed by atoms with Crippen LogP contribution in [0.25, 0.3) is 0 Å². The molecule has 0 aliphatic carbocycles. The Kier molecular flexibility index (Phi) is 6.57. The summed E-state index contributed by atoms with van der Waals surface area (Å²) in [5.41, 5.74) is 2.95. The number of amides is 1. The van der Waals surface area contributed by atoms with Crippen LogP contribution in [0.15, 0.2) is 41.0 Å². The van der Waals surface area contributed by atoms with Crippen molar-refractivity contribution in [3.8, 4) is 0 Å². The standard InChI is InChI=1S/C16H16Cl3N3O2S/c1-9-5-6-11(10(2)8-9)20-15(25)22-14(16(17,18)19)21-13(23)12-4-3-7-24-12/h3-8,14H,1-2H3,(H,21,23)(H2,20,22,25)/t14-/m0/s1. The van der Waals surface area contributed by atoms with E-state index in [1.165, 1.54) is 12.3 Å². The van der Waals surface area contributed by atoms with Crippen LogP contribution >= 0.6 is 47.0 Å². The van der Waals surface area contributed by atoms with Gasteiger partial charge in [-0.25, -0.2) is 0 Å². The van der Waals surface area contributed by atoms with E-state index in [2.05, 4.69) is 16.0 Å². The average molecular weight is 421 g/mol. The lowest BCUT2D eigenvalue weighted by Gasteiger charge is -2.27. The van der Waals surface area contributed by atoms with E-state index in [9.17, 15) is 4.79 Å². The second kappa shape index (κ2) is 8.27. The van der Waals surface area contributed by atoms with Gasteiger partial charge < -0.3 is 20.4 Å². The highest BCUT2D eigenvalue weighted by Crippen LogP contribution is 2.29. The molecular weight excluding hydrogens is 405 g/mol. The number of hydrogen-bond acceptors (Lipinski definition) is 3. The Hall–Kier alpha value is -1.47. The van der Waals surface area contributed by atoms with Gasteiger partial charge in [0, 0.05) is 5.69 Å². The molecule has 1 atom stereocenters. The monoisotopic (exact) mass is 419 g/mol. The number of aryl methyl sites for hydroxylation is 2. The SMILES string of the molecule is Cc1ccc(NC(=S)N[C@H](NC(=O)c2ccco2)C(Cl)(Cl)Cl)c(C)c1. The zero-order valence-corrected chi connectivity index (χ0v) is 16.5. The van der Waals surface area contributed by atoms with Gasteiger partial charge in [-0.3, -0.25) is 4.79 Å². The number of furan rings is 1. The van der Waals surface area contributed by atoms with Crippen LogP contribution in [0.4, 0.5) is 5.69 Å². The molecular formula is C16H16Cl3N3O2S. The average Bonchev–Trinajstić information content (AvgIpc) is 3.03. The largest absolute Gasteiger partial charge is 0.459 e. The Labute approximate surface area is 166 Å². The maximum Gasteiger partial charge on any atom is 0.288 e. The van der Waals surface area contributed by atoms with Crippen LogP contribution in [0.3, 0.4) is 0 Å². The molecule has 0 fully saturated rings. The van der Waals surface area contributed by atoms with Crippen molar-refractivity contribution in [2.45, 2.75) is 23.8 Å². The molecule has 0 saturated heterocycles. The van der Waals surface area contributed by atoms with Gasteiger partial charge in [0.1, 0.15) is 6.17 Å². The quantitative estimate of drug-likeness (QED) is 0.391. The molecule has 0 unspecified atom stereocenters. The summed E-state index contributed by atoms with van der Waals surface area (Å²) < 4.78 is 3.18. The Morgan fingerprint density at radius 3 is 2.48 bits per heavy atom. The summed E-state index contributed by atoms with van der Waals surface area (Å²) in [7, 11) is 0. The molecule has 134 valence electrons. The van der Waals surface area contributed by atoms with Gasteiger partial charge in [-0.2, -0.15) is 0 Å². The third kappa shape index (κ3) is 5.78. The number of carbonyl (C=O) groups excluding carboxylic acids is 1. The van der Waals surface area contributed by atoms with Crippen molar-refractivity contribution in [3.05, 3.63) is 53.5 Å². The van der Waals surface area contributed by atoms with Crippen LogP contribution in [-0.2, 0) is 0 Å². The number of benzene rings is 1. The van der Waals surface area contributed by atoms with Crippen molar-refractivity contribution in [2.75, 3.05) is 5.32 Å². The molecule has 0 bridgehead atoms. The molecule has 2 aromatic rings. The van der Waals surface area contributed by atoms with Gasteiger partial charge in [-0.05, 0) is 49.8 Å². The summed E-state index contributed by atoms with van der Waals surface area (Å²) in [5.74, 6) is -0.447. The first kappa shape index (κ1) is 19.8. The van der Waals surface area contributed by atoms with E-state index in [4.69, 9.17) is 51.4 Å². The summed E-state index contributed by atoms with van der Waals surface area (Å²) in [6, 6.07) is 8.93. The first-order valence-corrected chi connectivity index (χ1v) is 8.77. The van der Waals surface area contributed by atoms with Crippen LogP contribution < -0.4 is 16.0 Å². The fraction of sp³-hybridized carbons (Fsp3) is 0.250. The normalized spacial score (nSPS) is 12.4. The van der Waals surface area contributed by atoms with Gasteiger partial charge in [0.25, 0.3) is 5.91 Å². The number of rotatable bonds is 4. The Morgan fingerprint density at radius 2 is 1.92 bits per heavy atom. The van der Waals surface area contributed by atoms with Crippen LogP contribution in [0, 0.1) is 13.8 Å². The maximum absolute atomic E-state index is 12.1. The summed E-state index contributed by atoms with van der Waals surface area (Å²) in [6.07, 6.45) is 0.305. The van der Waals surface area contributed by atoms with E-state index < -0.39 is 15.9 Å². The molecule has 0 aliphatic heterocycles. The Morgan fingerprint density at radius 1 is 1.20 bits per heavy atom. The van der Waals surface area contributed by atoms with E-state index in [1.54, 1.807) is 6.07 Å². The lowest BCUT2D eigenvalue weighted by molar-refractivity contribution is 0.0906. The van der Waals surface area contributed by atoms with Crippen molar-refractivity contribution in [1.82, 2.24) is 10.6 Å². The summed E-state index contributed by atoms with van der Waals surface area (Å²) in [6.45, 7) is 3.94. The third-order valence-corrected chi connectivity index (χ3v) is 4.13. The van der Waals surface area contributed by atoms with Crippen molar-refractivity contribution in [1.29, 1.82) is 0 Å². The molecule has 1 aromatic carbocycles. The number of thiocarbonyl (C=S) groups is 1. The van der Waals surface area contributed by atoms with E-state index >= 15 is 0 Å². The lowest BCUT2D eigenvalue weighted by atomic mass is 10.1. The molecule has 0 saturated carbocycles. The number of carbonyl (C=O) groups is 1. The van der Waals surface area contributed by atoms with Crippen LogP contribution in [-0.4, -0.2) is 21.0 Å². The highest BCUT2D eigenvalue weighted by atomic mass is 35.6. The highest BCUT2D eigenvalue weighted by Gasteiger charge is 2.35. The van der Waals surface area contributed by atoms with Gasteiger partial charge in [-0.1, -0.05) is 52.5 Å². The lowest BCUT2D eigenvalue weighted by Crippen LogP contribution is -2.56. The minimum Gasteiger partial charge on any atom is -0.459 e. The van der Waals surface area contributed by atoms with Crippen molar-refractivity contribution in [3.63, 3.8) is 0 Å². The summed E-state index contributed by atoms with van der Waals surface area (Å²) >= 11 is 23.1. The van der Waals surface area contributed by atoms with Crippen molar-refractivity contribution >= 4 is 63.7 Å². The molecule has 9 heteroatoms. The van der Waals surface area contributed by atoms with E-state index in [-0.39, 0.29) is 10.9 Å². The fourth-order valence-electron chi connectivity index (χ4n) is 2.05. The van der Waals surface area contributed by atoms with E-state index in [0.29, 0.717) is 0 Å². The van der Waals surface area contributed by atoms with Gasteiger partial charge in [0.15, 0.2) is 10.9 Å². The zero-order valence-electron chi connectivity index (χ0n) is 13.4. The molecule has 1 heterocycles. The van der Waals surface area contributed by atoms with Crippen LogP contribution in [0.2, 0.25) is 0 Å². The number of anilines is 1. The molecule has 3 N–H and O–H groups in total. The third-order valence-electron chi connectivity index (χ3n) is 3.25. The van der Waals surface area contributed by atoms with E-state index in [0.717, 1.165) is 16.8 Å². The number of halogens is 3. The molecule has 2 rings (SSSR count). The Bertz CT molecular complexity index is 760. The maximum atomic E-state index is 12.1. The molecule has 25 heavy (non-hydrogen) atoms. The topological polar surface area (TPSA) is 66.3 Å². The molecule has 1 aromatic heterocycles. The fourth-order valence-corrected chi connectivity index (χ4v) is 2.61. The molecule has 0 aliphatic rings. The highest BCUT2D eigenvalue weighted by molar-refractivity contribution is 7.80. The van der Waals surface area contributed by atoms with Gasteiger partial charge in [-0.15, -0.1) is 0 Å².